The summed E-state index contributed by atoms with van der Waals surface area (Å²) >= 11 is 1.49. The zero-order chi connectivity index (χ0) is 11.3. The van der Waals surface area contributed by atoms with Gasteiger partial charge in [-0.2, -0.15) is 5.26 Å². The van der Waals surface area contributed by atoms with Crippen molar-refractivity contribution in [3.8, 4) is 6.07 Å². The molecule has 1 rings (SSSR count). The number of thiophene rings is 1. The van der Waals surface area contributed by atoms with Gasteiger partial charge in [-0.15, -0.1) is 11.3 Å². The molecule has 0 aromatic carbocycles. The zero-order valence-electron chi connectivity index (χ0n) is 8.82. The van der Waals surface area contributed by atoms with Crippen LogP contribution in [0, 0.1) is 11.3 Å². The third-order valence-corrected chi connectivity index (χ3v) is 3.84. The second-order valence-electron chi connectivity index (χ2n) is 3.40. The van der Waals surface area contributed by atoms with Gasteiger partial charge < -0.3 is 5.32 Å². The van der Waals surface area contributed by atoms with Crippen LogP contribution < -0.4 is 5.32 Å². The van der Waals surface area contributed by atoms with E-state index in [1.165, 1.54) is 11.3 Å². The maximum atomic E-state index is 10.9. The molecular formula is C10H14N2OS2. The van der Waals surface area contributed by atoms with Crippen molar-refractivity contribution in [1.29, 1.82) is 5.26 Å². The third kappa shape index (κ3) is 4.56. The monoisotopic (exact) mass is 242 g/mol. The van der Waals surface area contributed by atoms with Gasteiger partial charge in [-0.05, 0) is 19.1 Å². The highest BCUT2D eigenvalue weighted by molar-refractivity contribution is 7.84. The first kappa shape index (κ1) is 12.4. The predicted molar refractivity (Wildman–Crippen MR) is 64.3 cm³/mol. The summed E-state index contributed by atoms with van der Waals surface area (Å²) in [4.78, 5) is 1.87. The van der Waals surface area contributed by atoms with Crippen molar-refractivity contribution in [1.82, 2.24) is 5.32 Å². The molecule has 0 saturated heterocycles. The molecular weight excluding hydrogens is 228 g/mol. The van der Waals surface area contributed by atoms with Gasteiger partial charge in [0.1, 0.15) is 10.9 Å². The summed E-state index contributed by atoms with van der Waals surface area (Å²) in [6, 6.07) is 6.12. The first-order valence-electron chi connectivity index (χ1n) is 4.64. The summed E-state index contributed by atoms with van der Waals surface area (Å²) in [5, 5.41) is 11.9. The highest BCUT2D eigenvalue weighted by atomic mass is 32.2. The van der Waals surface area contributed by atoms with E-state index in [0.717, 1.165) is 16.3 Å². The summed E-state index contributed by atoms with van der Waals surface area (Å²) in [7, 11) is -0.761. The van der Waals surface area contributed by atoms with Crippen LogP contribution >= 0.6 is 11.3 Å². The lowest BCUT2D eigenvalue weighted by Crippen LogP contribution is -2.30. The Bertz CT molecular complexity index is 381. The van der Waals surface area contributed by atoms with E-state index >= 15 is 0 Å². The highest BCUT2D eigenvalue weighted by Crippen LogP contribution is 2.14. The molecule has 0 saturated carbocycles. The molecule has 1 aromatic heterocycles. The molecule has 2 unspecified atom stereocenters. The molecule has 0 fully saturated rings. The van der Waals surface area contributed by atoms with Gasteiger partial charge in [0.25, 0.3) is 0 Å². The summed E-state index contributed by atoms with van der Waals surface area (Å²) < 4.78 is 10.9. The van der Waals surface area contributed by atoms with Crippen LogP contribution in [0.5, 0.6) is 0 Å². The second kappa shape index (κ2) is 6.01. The van der Waals surface area contributed by atoms with Gasteiger partial charge in [-0.1, -0.05) is 0 Å². The highest BCUT2D eigenvalue weighted by Gasteiger charge is 2.05. The molecule has 2 atom stereocenters. The topological polar surface area (TPSA) is 52.9 Å². The zero-order valence-corrected chi connectivity index (χ0v) is 10.5. The van der Waals surface area contributed by atoms with Crippen molar-refractivity contribution >= 4 is 22.1 Å². The summed E-state index contributed by atoms with van der Waals surface area (Å²) in [5.74, 6) is 0.663. The SMILES string of the molecule is CC(CS(C)=O)NCc1ccc(C#N)s1. The van der Waals surface area contributed by atoms with E-state index in [2.05, 4.69) is 11.4 Å². The average Bonchev–Trinajstić information content (AvgIpc) is 2.61. The Morgan fingerprint density at radius 1 is 1.67 bits per heavy atom. The van der Waals surface area contributed by atoms with Crippen LogP contribution in [0.1, 0.15) is 16.7 Å². The molecule has 0 amide bonds. The van der Waals surface area contributed by atoms with E-state index in [-0.39, 0.29) is 6.04 Å². The van der Waals surface area contributed by atoms with Crippen LogP contribution in [0.15, 0.2) is 12.1 Å². The Kier molecular flexibility index (Phi) is 4.95. The standard InChI is InChI=1S/C10H14N2OS2/c1-8(7-15(2)13)12-6-10-4-3-9(5-11)14-10/h3-4,8,12H,6-7H2,1-2H3. The van der Waals surface area contributed by atoms with Crippen LogP contribution in [0.3, 0.4) is 0 Å². The fraction of sp³-hybridized carbons (Fsp3) is 0.500. The van der Waals surface area contributed by atoms with Crippen molar-refractivity contribution in [2.75, 3.05) is 12.0 Å². The maximum Gasteiger partial charge on any atom is 0.110 e. The van der Waals surface area contributed by atoms with Crippen molar-refractivity contribution < 1.29 is 4.21 Å². The minimum atomic E-state index is -0.761. The summed E-state index contributed by atoms with van der Waals surface area (Å²) in [6.45, 7) is 2.75. The Balaban J connectivity index is 2.37. The van der Waals surface area contributed by atoms with Crippen molar-refractivity contribution in [3.63, 3.8) is 0 Å². The molecule has 0 aliphatic rings. The number of nitrogens with one attached hydrogen (secondary N) is 1. The lowest BCUT2D eigenvalue weighted by Gasteiger charge is -2.10. The Morgan fingerprint density at radius 3 is 2.93 bits per heavy atom. The largest absolute Gasteiger partial charge is 0.308 e. The van der Waals surface area contributed by atoms with Crippen LogP contribution in [0.25, 0.3) is 0 Å². The molecule has 15 heavy (non-hydrogen) atoms. The van der Waals surface area contributed by atoms with Gasteiger partial charge in [0.15, 0.2) is 0 Å². The van der Waals surface area contributed by atoms with E-state index in [1.54, 1.807) is 6.26 Å². The molecule has 0 radical (unpaired) electrons. The van der Waals surface area contributed by atoms with Crippen molar-refractivity contribution in [2.24, 2.45) is 0 Å². The van der Waals surface area contributed by atoms with Gasteiger partial charge in [0.2, 0.25) is 0 Å². The molecule has 1 N–H and O–H groups in total. The minimum Gasteiger partial charge on any atom is -0.308 e. The molecule has 1 aromatic rings. The molecule has 0 spiro atoms. The van der Waals surface area contributed by atoms with Gasteiger partial charge in [-0.25, -0.2) is 0 Å². The number of hydrogen-bond acceptors (Lipinski definition) is 4. The average molecular weight is 242 g/mol. The van der Waals surface area contributed by atoms with E-state index < -0.39 is 10.8 Å². The van der Waals surface area contributed by atoms with Gasteiger partial charge in [0.05, 0.1) is 0 Å². The molecule has 1 heterocycles. The normalized spacial score (nSPS) is 14.5. The molecule has 5 heteroatoms. The molecule has 0 bridgehead atoms. The fourth-order valence-corrected chi connectivity index (χ4v) is 2.80. The molecule has 3 nitrogen and oxygen atoms in total. The number of rotatable bonds is 5. The minimum absolute atomic E-state index is 0.239. The smallest absolute Gasteiger partial charge is 0.110 e. The second-order valence-corrected chi connectivity index (χ2v) is 6.05. The summed E-state index contributed by atoms with van der Waals surface area (Å²) in [5.41, 5.74) is 0. The van der Waals surface area contributed by atoms with E-state index in [0.29, 0.717) is 5.75 Å². The number of nitriles is 1. The van der Waals surface area contributed by atoms with Crippen LogP contribution in [0.2, 0.25) is 0 Å². The Morgan fingerprint density at radius 2 is 2.40 bits per heavy atom. The summed E-state index contributed by atoms with van der Waals surface area (Å²) in [6.07, 6.45) is 1.71. The molecule has 0 aliphatic heterocycles. The fourth-order valence-electron chi connectivity index (χ4n) is 1.22. The number of nitrogens with zero attached hydrogens (tertiary/aromatic N) is 1. The van der Waals surface area contributed by atoms with Crippen LogP contribution in [-0.2, 0) is 17.3 Å². The molecule has 0 aliphatic carbocycles. The van der Waals surface area contributed by atoms with Crippen LogP contribution in [-0.4, -0.2) is 22.3 Å². The van der Waals surface area contributed by atoms with Gasteiger partial charge in [0, 0.05) is 40.3 Å². The van der Waals surface area contributed by atoms with Crippen LogP contribution in [0.4, 0.5) is 0 Å². The van der Waals surface area contributed by atoms with E-state index in [1.807, 2.05) is 19.1 Å². The Labute approximate surface area is 96.6 Å². The lowest BCUT2D eigenvalue weighted by atomic mass is 10.3. The first-order valence-corrected chi connectivity index (χ1v) is 7.18. The predicted octanol–water partition coefficient (Wildman–Crippen LogP) is 1.48. The molecule has 82 valence electrons. The quantitative estimate of drug-likeness (QED) is 0.851. The lowest BCUT2D eigenvalue weighted by molar-refractivity contribution is 0.591. The number of hydrogen-bond donors (Lipinski definition) is 1. The van der Waals surface area contributed by atoms with E-state index in [9.17, 15) is 4.21 Å². The van der Waals surface area contributed by atoms with Crippen molar-refractivity contribution in [2.45, 2.75) is 19.5 Å². The van der Waals surface area contributed by atoms with Gasteiger partial charge in [-0.3, -0.25) is 4.21 Å². The third-order valence-electron chi connectivity index (χ3n) is 1.88. The van der Waals surface area contributed by atoms with Crippen molar-refractivity contribution in [3.05, 3.63) is 21.9 Å². The first-order chi connectivity index (χ1) is 7.11. The Hall–Kier alpha value is -0.700. The van der Waals surface area contributed by atoms with E-state index in [4.69, 9.17) is 5.26 Å². The van der Waals surface area contributed by atoms with Gasteiger partial charge >= 0.3 is 0 Å². The maximum absolute atomic E-state index is 10.9.